The number of H-pyrrole nitrogens is 1. The molecule has 0 bridgehead atoms. The molecular weight excluding hydrogens is 360 g/mol. The number of rotatable bonds is 6. The molecule has 1 fully saturated rings. The first kappa shape index (κ1) is 20.2. The summed E-state index contributed by atoms with van der Waals surface area (Å²) in [7, 11) is 0. The molecule has 1 aromatic heterocycles. The van der Waals surface area contributed by atoms with E-state index in [1.165, 1.54) is 0 Å². The number of benzene rings is 1. The molecule has 1 aromatic carbocycles. The molecule has 27 heavy (non-hydrogen) atoms. The molecule has 3 N–H and O–H groups in total. The lowest BCUT2D eigenvalue weighted by atomic mass is 9.61. The van der Waals surface area contributed by atoms with Crippen LogP contribution in [0.15, 0.2) is 29.2 Å². The van der Waals surface area contributed by atoms with E-state index in [1.54, 1.807) is 12.3 Å². The fourth-order valence-corrected chi connectivity index (χ4v) is 4.89. The third kappa shape index (κ3) is 4.02. The van der Waals surface area contributed by atoms with Gasteiger partial charge in [0.15, 0.2) is 0 Å². The summed E-state index contributed by atoms with van der Waals surface area (Å²) < 4.78 is 6.26. The number of aromatic nitrogens is 1. The number of fused-ring (bicyclic) bond motifs is 1. The molecule has 4 nitrogen and oxygen atoms in total. The summed E-state index contributed by atoms with van der Waals surface area (Å²) in [6.07, 6.45) is 8.13. The maximum absolute atomic E-state index is 11.9. The van der Waals surface area contributed by atoms with Crippen LogP contribution in [0.1, 0.15) is 59.3 Å². The Morgan fingerprint density at radius 3 is 2.67 bits per heavy atom. The Morgan fingerprint density at radius 1 is 1.33 bits per heavy atom. The highest BCUT2D eigenvalue weighted by Gasteiger charge is 2.42. The van der Waals surface area contributed by atoms with Gasteiger partial charge in [0.25, 0.3) is 5.56 Å². The molecule has 1 atom stereocenters. The smallest absolute Gasteiger partial charge is 0.255 e. The molecule has 0 unspecified atom stereocenters. The maximum atomic E-state index is 11.9. The van der Waals surface area contributed by atoms with E-state index in [9.17, 15) is 4.79 Å². The monoisotopic (exact) mass is 390 g/mol. The summed E-state index contributed by atoms with van der Waals surface area (Å²) in [5, 5.41) is 1.92. The summed E-state index contributed by atoms with van der Waals surface area (Å²) in [5.74, 6) is 1.23. The minimum Gasteiger partial charge on any atom is -0.489 e. The largest absolute Gasteiger partial charge is 0.489 e. The van der Waals surface area contributed by atoms with Crippen molar-refractivity contribution in [3.63, 3.8) is 0 Å². The van der Waals surface area contributed by atoms with Gasteiger partial charge in [-0.25, -0.2) is 0 Å². The quantitative estimate of drug-likeness (QED) is 0.705. The highest BCUT2D eigenvalue weighted by Crippen LogP contribution is 2.46. The first-order valence-electron chi connectivity index (χ1n) is 10.1. The number of hydrogen-bond donors (Lipinski definition) is 2. The Balaban J connectivity index is 1.74. The lowest BCUT2D eigenvalue weighted by Gasteiger charge is -2.47. The van der Waals surface area contributed by atoms with Gasteiger partial charge < -0.3 is 15.5 Å². The Morgan fingerprint density at radius 2 is 2.04 bits per heavy atom. The van der Waals surface area contributed by atoms with Crippen molar-refractivity contribution in [1.29, 1.82) is 0 Å². The summed E-state index contributed by atoms with van der Waals surface area (Å²) >= 11 is 6.39. The molecule has 5 heteroatoms. The molecule has 0 spiro atoms. The molecule has 1 heterocycles. The Kier molecular flexibility index (Phi) is 6.17. The van der Waals surface area contributed by atoms with Crippen LogP contribution in [0.25, 0.3) is 10.8 Å². The topological polar surface area (TPSA) is 68.1 Å². The van der Waals surface area contributed by atoms with Crippen LogP contribution in [-0.4, -0.2) is 17.1 Å². The van der Waals surface area contributed by atoms with Gasteiger partial charge >= 0.3 is 0 Å². The number of pyridine rings is 1. The van der Waals surface area contributed by atoms with Crippen molar-refractivity contribution in [2.75, 3.05) is 0 Å². The molecular formula is C22H31ClN2O2. The SMILES string of the molecule is CCC[C@H](N)[C@]1(C(C)C)CC[C@@H](Oc2cc3cc[nH]c(=O)c3cc2Cl)CC1. The fourth-order valence-electron chi connectivity index (χ4n) is 4.68. The first-order valence-corrected chi connectivity index (χ1v) is 10.5. The number of nitrogens with two attached hydrogens (primary N) is 1. The molecule has 0 aliphatic heterocycles. The zero-order chi connectivity index (χ0) is 19.6. The van der Waals surface area contributed by atoms with Crippen LogP contribution in [0.5, 0.6) is 5.75 Å². The normalized spacial score (nSPS) is 24.3. The lowest BCUT2D eigenvalue weighted by Crippen LogP contribution is -2.49. The average Bonchev–Trinajstić information content (AvgIpc) is 2.64. The van der Waals surface area contributed by atoms with Gasteiger partial charge in [-0.2, -0.15) is 0 Å². The summed E-state index contributed by atoms with van der Waals surface area (Å²) in [4.78, 5) is 14.6. The second-order valence-corrected chi connectivity index (χ2v) is 8.68. The van der Waals surface area contributed by atoms with E-state index in [1.807, 2.05) is 12.1 Å². The third-order valence-electron chi connectivity index (χ3n) is 6.47. The molecule has 1 aliphatic rings. The zero-order valence-corrected chi connectivity index (χ0v) is 17.3. The van der Waals surface area contributed by atoms with Crippen molar-refractivity contribution >= 4 is 22.4 Å². The molecule has 1 saturated carbocycles. The van der Waals surface area contributed by atoms with Gasteiger partial charge in [0, 0.05) is 17.6 Å². The lowest BCUT2D eigenvalue weighted by molar-refractivity contribution is 0.0243. The molecule has 0 radical (unpaired) electrons. The van der Waals surface area contributed by atoms with E-state index in [4.69, 9.17) is 22.1 Å². The Labute approximate surface area is 166 Å². The molecule has 1 aliphatic carbocycles. The van der Waals surface area contributed by atoms with E-state index in [2.05, 4.69) is 25.8 Å². The van der Waals surface area contributed by atoms with Gasteiger partial charge in [0.2, 0.25) is 0 Å². The van der Waals surface area contributed by atoms with E-state index in [-0.39, 0.29) is 23.1 Å². The van der Waals surface area contributed by atoms with Crippen LogP contribution in [0.4, 0.5) is 0 Å². The minimum absolute atomic E-state index is 0.134. The zero-order valence-electron chi connectivity index (χ0n) is 16.6. The number of aromatic amines is 1. The maximum Gasteiger partial charge on any atom is 0.255 e. The van der Waals surface area contributed by atoms with Crippen LogP contribution in [0.2, 0.25) is 5.02 Å². The second kappa shape index (κ2) is 8.24. The van der Waals surface area contributed by atoms with Crippen molar-refractivity contribution in [2.45, 2.75) is 71.4 Å². The highest BCUT2D eigenvalue weighted by atomic mass is 35.5. The Hall–Kier alpha value is -1.52. The van der Waals surface area contributed by atoms with Gasteiger partial charge in [-0.1, -0.05) is 38.8 Å². The first-order chi connectivity index (χ1) is 12.9. The summed E-state index contributed by atoms with van der Waals surface area (Å²) in [6.45, 7) is 6.80. The van der Waals surface area contributed by atoms with E-state index < -0.39 is 0 Å². The minimum atomic E-state index is -0.134. The van der Waals surface area contributed by atoms with Crippen LogP contribution in [0.3, 0.4) is 0 Å². The van der Waals surface area contributed by atoms with E-state index in [0.717, 1.165) is 43.9 Å². The predicted molar refractivity (Wildman–Crippen MR) is 113 cm³/mol. The van der Waals surface area contributed by atoms with Crippen molar-refractivity contribution in [3.05, 3.63) is 39.8 Å². The predicted octanol–water partition coefficient (Wildman–Crippen LogP) is 5.27. The fraction of sp³-hybridized carbons (Fsp3) is 0.591. The van der Waals surface area contributed by atoms with Crippen LogP contribution >= 0.6 is 11.6 Å². The molecule has 0 amide bonds. The van der Waals surface area contributed by atoms with E-state index >= 15 is 0 Å². The number of hydrogen-bond acceptors (Lipinski definition) is 3. The van der Waals surface area contributed by atoms with Gasteiger partial charge in [0.05, 0.1) is 11.1 Å². The van der Waals surface area contributed by atoms with Gasteiger partial charge in [-0.05, 0) is 67.0 Å². The van der Waals surface area contributed by atoms with Crippen LogP contribution < -0.4 is 16.0 Å². The van der Waals surface area contributed by atoms with Crippen molar-refractivity contribution in [3.8, 4) is 5.75 Å². The number of nitrogens with one attached hydrogen (secondary N) is 1. The summed E-state index contributed by atoms with van der Waals surface area (Å²) in [5.41, 5.74) is 6.67. The van der Waals surface area contributed by atoms with Crippen molar-refractivity contribution in [2.24, 2.45) is 17.1 Å². The molecule has 0 saturated heterocycles. The molecule has 3 rings (SSSR count). The van der Waals surface area contributed by atoms with Crippen molar-refractivity contribution < 1.29 is 4.74 Å². The van der Waals surface area contributed by atoms with Gasteiger partial charge in [-0.15, -0.1) is 0 Å². The molecule has 2 aromatic rings. The van der Waals surface area contributed by atoms with E-state index in [0.29, 0.717) is 22.1 Å². The Bertz CT molecular complexity index is 838. The molecule has 148 valence electrons. The van der Waals surface area contributed by atoms with Crippen molar-refractivity contribution in [1.82, 2.24) is 4.98 Å². The standard InChI is InChI=1S/C22H31ClN2O2/c1-4-5-20(24)22(14(2)3)9-6-16(7-10-22)27-19-12-15-8-11-25-21(26)17(15)13-18(19)23/h8,11-14,16,20H,4-7,9-10,24H2,1-3H3,(H,25,26)/t16-,20-,22-/m0/s1. The van der Waals surface area contributed by atoms with Gasteiger partial charge in [0.1, 0.15) is 5.75 Å². The van der Waals surface area contributed by atoms with Crippen LogP contribution in [0, 0.1) is 11.3 Å². The van der Waals surface area contributed by atoms with Gasteiger partial charge in [-0.3, -0.25) is 4.79 Å². The number of ether oxygens (including phenoxy) is 1. The highest BCUT2D eigenvalue weighted by molar-refractivity contribution is 6.32. The second-order valence-electron chi connectivity index (χ2n) is 8.28. The number of halogens is 1. The third-order valence-corrected chi connectivity index (χ3v) is 6.77. The average molecular weight is 391 g/mol. The van der Waals surface area contributed by atoms with Crippen LogP contribution in [-0.2, 0) is 0 Å². The summed E-state index contributed by atoms with van der Waals surface area (Å²) in [6, 6.07) is 5.69.